The van der Waals surface area contributed by atoms with Crippen LogP contribution in [0, 0.1) is 6.92 Å². The Morgan fingerprint density at radius 2 is 2.15 bits per heavy atom. The van der Waals surface area contributed by atoms with E-state index in [1.54, 1.807) is 6.26 Å². The fraction of sp³-hybridized carbons (Fsp3) is 0.400. The molecule has 0 bridgehead atoms. The van der Waals surface area contributed by atoms with Gasteiger partial charge in [-0.15, -0.1) is 0 Å². The number of benzene rings is 1. The fourth-order valence-corrected chi connectivity index (χ4v) is 1.66. The van der Waals surface area contributed by atoms with Crippen LogP contribution in [-0.2, 0) is 9.73 Å². The number of rotatable bonds is 2. The van der Waals surface area contributed by atoms with Gasteiger partial charge in [0, 0.05) is 21.7 Å². The fourth-order valence-electron chi connectivity index (χ4n) is 0.972. The van der Waals surface area contributed by atoms with Crippen molar-refractivity contribution in [1.29, 1.82) is 0 Å². The van der Waals surface area contributed by atoms with Crippen LogP contribution in [0.15, 0.2) is 28.6 Å². The molecule has 0 amide bonds. The van der Waals surface area contributed by atoms with E-state index in [1.807, 2.05) is 38.1 Å². The molecule has 1 rings (SSSR count). The summed E-state index contributed by atoms with van der Waals surface area (Å²) in [7, 11) is -2.01. The van der Waals surface area contributed by atoms with Crippen LogP contribution >= 0.6 is 0 Å². The molecule has 1 aromatic carbocycles. The molecule has 0 N–H and O–H groups in total. The maximum Gasteiger partial charge on any atom is 0.0732 e. The van der Waals surface area contributed by atoms with Gasteiger partial charge < -0.3 is 0 Å². The van der Waals surface area contributed by atoms with Gasteiger partial charge in [0.1, 0.15) is 0 Å². The molecule has 0 radical (unpaired) electrons. The third-order valence-electron chi connectivity index (χ3n) is 1.84. The highest BCUT2D eigenvalue weighted by molar-refractivity contribution is 7.93. The molecule has 2 nitrogen and oxygen atoms in total. The van der Waals surface area contributed by atoms with E-state index in [9.17, 15) is 4.21 Å². The van der Waals surface area contributed by atoms with E-state index < -0.39 is 9.73 Å². The second-order valence-electron chi connectivity index (χ2n) is 3.18. The summed E-state index contributed by atoms with van der Waals surface area (Å²) in [4.78, 5) is 0. The van der Waals surface area contributed by atoms with Crippen molar-refractivity contribution in [2.24, 2.45) is 4.36 Å². The van der Waals surface area contributed by atoms with Crippen LogP contribution in [-0.4, -0.2) is 16.2 Å². The van der Waals surface area contributed by atoms with Crippen LogP contribution in [0.3, 0.4) is 0 Å². The van der Waals surface area contributed by atoms with E-state index in [0.717, 1.165) is 11.3 Å². The van der Waals surface area contributed by atoms with Crippen molar-refractivity contribution >= 4 is 15.4 Å². The van der Waals surface area contributed by atoms with Gasteiger partial charge in [-0.2, -0.15) is 4.36 Å². The lowest BCUT2D eigenvalue weighted by Gasteiger charge is -2.00. The number of aryl methyl sites for hydroxylation is 1. The highest BCUT2D eigenvalue weighted by Gasteiger charge is 1.97. The van der Waals surface area contributed by atoms with Crippen molar-refractivity contribution < 1.29 is 4.21 Å². The van der Waals surface area contributed by atoms with Gasteiger partial charge in [0.15, 0.2) is 0 Å². The molecule has 0 saturated heterocycles. The monoisotopic (exact) mass is 197 g/mol. The third kappa shape index (κ3) is 3.19. The van der Waals surface area contributed by atoms with Crippen LogP contribution in [0.25, 0.3) is 0 Å². The quantitative estimate of drug-likeness (QED) is 0.716. The van der Waals surface area contributed by atoms with E-state index >= 15 is 0 Å². The molecule has 72 valence electrons. The SMILES string of the molecule is CCS(C)(=O)=Nc1cccc(C)c1. The maximum absolute atomic E-state index is 11.7. The molecule has 0 aliphatic rings. The van der Waals surface area contributed by atoms with E-state index in [1.165, 1.54) is 0 Å². The summed E-state index contributed by atoms with van der Waals surface area (Å²) in [5, 5.41) is 0. The van der Waals surface area contributed by atoms with Crippen LogP contribution in [0.4, 0.5) is 5.69 Å². The van der Waals surface area contributed by atoms with Crippen LogP contribution in [0.2, 0.25) is 0 Å². The summed E-state index contributed by atoms with van der Waals surface area (Å²) in [5.41, 5.74) is 1.96. The Hall–Kier alpha value is -0.830. The van der Waals surface area contributed by atoms with Gasteiger partial charge in [0.05, 0.1) is 5.69 Å². The maximum atomic E-state index is 11.7. The van der Waals surface area contributed by atoms with Crippen molar-refractivity contribution in [2.75, 3.05) is 12.0 Å². The summed E-state index contributed by atoms with van der Waals surface area (Å²) in [6, 6.07) is 7.76. The molecule has 0 aromatic heterocycles. The van der Waals surface area contributed by atoms with E-state index in [-0.39, 0.29) is 0 Å². The zero-order valence-electron chi connectivity index (χ0n) is 8.28. The van der Waals surface area contributed by atoms with Crippen molar-refractivity contribution in [3.8, 4) is 0 Å². The van der Waals surface area contributed by atoms with Crippen molar-refractivity contribution in [2.45, 2.75) is 13.8 Å². The molecular formula is C10H15NOS. The predicted molar refractivity (Wildman–Crippen MR) is 57.9 cm³/mol. The van der Waals surface area contributed by atoms with Crippen molar-refractivity contribution in [1.82, 2.24) is 0 Å². The van der Waals surface area contributed by atoms with E-state index in [0.29, 0.717) is 5.75 Å². The normalized spacial score (nSPS) is 15.0. The lowest BCUT2D eigenvalue weighted by molar-refractivity contribution is 0.681. The second kappa shape index (κ2) is 3.92. The van der Waals surface area contributed by atoms with Crippen LogP contribution < -0.4 is 0 Å². The first-order valence-electron chi connectivity index (χ1n) is 4.30. The Kier molecular flexibility index (Phi) is 3.09. The minimum Gasteiger partial charge on any atom is -0.250 e. The van der Waals surface area contributed by atoms with E-state index in [4.69, 9.17) is 0 Å². The van der Waals surface area contributed by atoms with Crippen LogP contribution in [0.1, 0.15) is 12.5 Å². The Balaban J connectivity index is 3.12. The van der Waals surface area contributed by atoms with Gasteiger partial charge in [-0.3, -0.25) is 0 Å². The first kappa shape index (κ1) is 10.3. The van der Waals surface area contributed by atoms with Gasteiger partial charge >= 0.3 is 0 Å². The highest BCUT2D eigenvalue weighted by atomic mass is 32.2. The smallest absolute Gasteiger partial charge is 0.0732 e. The summed E-state index contributed by atoms with van der Waals surface area (Å²) < 4.78 is 15.9. The minimum absolute atomic E-state index is 0.598. The Bertz CT molecular complexity index is 403. The Morgan fingerprint density at radius 1 is 1.46 bits per heavy atom. The molecule has 1 aromatic rings. The second-order valence-corrected chi connectivity index (χ2v) is 5.86. The summed E-state index contributed by atoms with van der Waals surface area (Å²) in [6.07, 6.45) is 1.69. The number of hydrogen-bond acceptors (Lipinski definition) is 2. The highest BCUT2D eigenvalue weighted by Crippen LogP contribution is 2.15. The summed E-state index contributed by atoms with van der Waals surface area (Å²) >= 11 is 0. The molecule has 0 spiro atoms. The predicted octanol–water partition coefficient (Wildman–Crippen LogP) is 2.74. The summed E-state index contributed by atoms with van der Waals surface area (Å²) in [6.45, 7) is 3.89. The molecule has 13 heavy (non-hydrogen) atoms. The Labute approximate surface area is 80.2 Å². The third-order valence-corrected chi connectivity index (χ3v) is 3.50. The van der Waals surface area contributed by atoms with Gasteiger partial charge in [0.2, 0.25) is 0 Å². The Morgan fingerprint density at radius 3 is 2.69 bits per heavy atom. The van der Waals surface area contributed by atoms with Crippen molar-refractivity contribution in [3.63, 3.8) is 0 Å². The molecular weight excluding hydrogens is 182 g/mol. The molecule has 1 atom stereocenters. The molecule has 0 aliphatic heterocycles. The molecule has 0 saturated carbocycles. The topological polar surface area (TPSA) is 29.4 Å². The van der Waals surface area contributed by atoms with Crippen molar-refractivity contribution in [3.05, 3.63) is 29.8 Å². The lowest BCUT2D eigenvalue weighted by Crippen LogP contribution is -1.97. The molecule has 0 heterocycles. The van der Waals surface area contributed by atoms with Gasteiger partial charge in [0.25, 0.3) is 0 Å². The zero-order valence-corrected chi connectivity index (χ0v) is 9.10. The minimum atomic E-state index is -2.01. The first-order valence-corrected chi connectivity index (χ1v) is 6.39. The van der Waals surface area contributed by atoms with Gasteiger partial charge in [-0.1, -0.05) is 19.1 Å². The average Bonchev–Trinajstić information content (AvgIpc) is 2.03. The average molecular weight is 197 g/mol. The molecule has 1 unspecified atom stereocenters. The molecule has 0 aliphatic carbocycles. The number of hydrogen-bond donors (Lipinski definition) is 0. The zero-order chi connectivity index (χ0) is 9.90. The lowest BCUT2D eigenvalue weighted by atomic mass is 10.2. The van der Waals surface area contributed by atoms with Gasteiger partial charge in [-0.25, -0.2) is 4.21 Å². The largest absolute Gasteiger partial charge is 0.250 e. The molecule has 0 fully saturated rings. The molecule has 3 heteroatoms. The van der Waals surface area contributed by atoms with Gasteiger partial charge in [-0.05, 0) is 24.6 Å². The summed E-state index contributed by atoms with van der Waals surface area (Å²) in [5.74, 6) is 0.598. The van der Waals surface area contributed by atoms with Crippen LogP contribution in [0.5, 0.6) is 0 Å². The van der Waals surface area contributed by atoms with E-state index in [2.05, 4.69) is 4.36 Å². The first-order chi connectivity index (χ1) is 6.03. The standard InChI is InChI=1S/C10H15NOS/c1-4-13(3,12)11-10-7-5-6-9(2)8-10/h5-8H,4H2,1-3H3. The number of nitrogens with zero attached hydrogens (tertiary/aromatic N) is 1.